The fourth-order valence-corrected chi connectivity index (χ4v) is 14.8. The highest BCUT2D eigenvalue weighted by Gasteiger charge is 2.46. The Labute approximate surface area is 355 Å². The lowest BCUT2D eigenvalue weighted by Crippen LogP contribution is -2.70. The van der Waals surface area contributed by atoms with Crippen molar-refractivity contribution in [1.29, 1.82) is 0 Å². The summed E-state index contributed by atoms with van der Waals surface area (Å²) >= 11 is 0. The highest BCUT2D eigenvalue weighted by molar-refractivity contribution is 7.12. The number of hydrogen-bond acceptors (Lipinski definition) is 3. The van der Waals surface area contributed by atoms with Crippen molar-refractivity contribution in [2.24, 2.45) is 0 Å². The number of fused-ring (bicyclic) bond motifs is 6. The molecule has 3 aromatic heterocycles. The minimum Gasteiger partial charge on any atom is -0.278 e. The second kappa shape index (κ2) is 13.8. The minimum atomic E-state index is -2.99. The lowest BCUT2D eigenvalue weighted by molar-refractivity contribution is 0.497. The van der Waals surface area contributed by atoms with E-state index in [0.717, 1.165) is 46.4 Å². The van der Waals surface area contributed by atoms with E-state index in [4.69, 9.17) is 31.4 Å². The minimum absolute atomic E-state index is 0.0807. The number of hydrogen-bond donors (Lipinski definition) is 0. The number of aromatic nitrogens is 5. The Morgan fingerprint density at radius 1 is 0.456 bits per heavy atom. The molecule has 0 atom stereocenters. The van der Waals surface area contributed by atoms with Crippen LogP contribution in [0, 0.1) is 0 Å². The Morgan fingerprint density at radius 2 is 0.877 bits per heavy atom. The molecule has 0 radical (unpaired) electrons. The number of para-hydroxylation sites is 4. The van der Waals surface area contributed by atoms with E-state index in [9.17, 15) is 5.48 Å². The lowest BCUT2D eigenvalue weighted by atomic mass is 10.0. The predicted octanol–water partition coefficient (Wildman–Crippen LogP) is 10.5. The number of nitrogens with zero attached hydrogens (tertiary/aromatic N) is 5. The Kier molecular flexibility index (Phi) is 5.11. The molecule has 11 rings (SSSR count). The van der Waals surface area contributed by atoms with Crippen LogP contribution in [0.15, 0.2) is 182 Å². The molecule has 0 N–H and O–H groups in total. The largest absolute Gasteiger partial charge is 0.278 e. The van der Waals surface area contributed by atoms with Gasteiger partial charge in [0, 0.05) is 27.1 Å². The third-order valence-electron chi connectivity index (χ3n) is 11.3. The molecule has 0 unspecified atom stereocenters. The summed E-state index contributed by atoms with van der Waals surface area (Å²) in [6, 6.07) is 18.4. The molecule has 1 aliphatic carbocycles. The van der Waals surface area contributed by atoms with Gasteiger partial charge in [0.25, 0.3) is 0 Å². The first-order valence-electron chi connectivity index (χ1n) is 26.9. The summed E-state index contributed by atoms with van der Waals surface area (Å²) < 4.78 is 146. The van der Waals surface area contributed by atoms with Gasteiger partial charge in [0.1, 0.15) is 0 Å². The maximum absolute atomic E-state index is 9.30. The molecular weight excluding hydrogens is 711 g/mol. The first kappa shape index (κ1) is 21.0. The molecule has 3 heterocycles. The van der Waals surface area contributed by atoms with Gasteiger partial charge in [0.2, 0.25) is 11.9 Å². The quantitative estimate of drug-likeness (QED) is 0.120. The number of rotatable bonds is 7. The fraction of sp³-hybridized carbons (Fsp3) is 0.118. The van der Waals surface area contributed by atoms with E-state index in [1.165, 1.54) is 10.4 Å². The molecule has 274 valence electrons. The summed E-state index contributed by atoms with van der Waals surface area (Å²) in [6.45, 7) is 0. The summed E-state index contributed by atoms with van der Waals surface area (Å²) in [6.07, 6.45) is 5.18. The monoisotopic (exact) mass is 767 g/mol. The van der Waals surface area contributed by atoms with Crippen LogP contribution in [0.4, 0.5) is 0 Å². The molecule has 1 saturated carbocycles. The zero-order chi connectivity index (χ0) is 51.7. The van der Waals surface area contributed by atoms with Crippen LogP contribution >= 0.6 is 0 Å². The van der Waals surface area contributed by atoms with Gasteiger partial charge in [-0.15, -0.1) is 0 Å². The Bertz CT molecular complexity index is 3620. The maximum atomic E-state index is 9.30. The Balaban J connectivity index is 1.33. The summed E-state index contributed by atoms with van der Waals surface area (Å²) in [4.78, 5) is 14.9. The number of benzene rings is 7. The second-order valence-corrected chi connectivity index (χ2v) is 18.4. The van der Waals surface area contributed by atoms with Crippen LogP contribution in [0.2, 0.25) is 5.54 Å². The zero-order valence-corrected chi connectivity index (χ0v) is 31.4. The normalized spacial score (nSPS) is 17.8. The molecule has 6 heteroatoms. The highest BCUT2D eigenvalue weighted by Crippen LogP contribution is 2.38. The molecule has 0 aliphatic heterocycles. The molecule has 7 aromatic carbocycles. The SMILES string of the molecule is [2H]c1c([2H])c([2H])c2c(c1[2H])c1c([2H])c([2H])c([2H])c([2H])c1n2-c1nc(-c2cccc([Si](c3ccccc3)(c3ccccc3)C3CCCCC3)c2)nc(-n2c3c([2H])c([2H])c([2H])c([2H])c3c3c([2H])c([2H])c([2H])c([2H])c32)n1. The second-order valence-electron chi connectivity index (χ2n) is 14.3. The van der Waals surface area contributed by atoms with Gasteiger partial charge >= 0.3 is 0 Å². The first-order valence-corrected chi connectivity index (χ1v) is 21.0. The Hall–Kier alpha value is -6.63. The third-order valence-corrected chi connectivity index (χ3v) is 16.8. The molecule has 1 aliphatic rings. The zero-order valence-electron chi connectivity index (χ0n) is 46.4. The van der Waals surface area contributed by atoms with Crippen LogP contribution in [0.5, 0.6) is 0 Å². The fourth-order valence-electron chi connectivity index (χ4n) is 8.97. The molecule has 0 bridgehead atoms. The van der Waals surface area contributed by atoms with Gasteiger partial charge in [-0.3, -0.25) is 9.13 Å². The summed E-state index contributed by atoms with van der Waals surface area (Å²) in [5.41, 5.74) is -0.518. The topological polar surface area (TPSA) is 48.5 Å². The van der Waals surface area contributed by atoms with Crippen molar-refractivity contribution < 1.29 is 21.9 Å². The molecule has 57 heavy (non-hydrogen) atoms. The van der Waals surface area contributed by atoms with Crippen molar-refractivity contribution in [3.63, 3.8) is 0 Å². The molecule has 1 fully saturated rings. The van der Waals surface area contributed by atoms with Crippen molar-refractivity contribution in [1.82, 2.24) is 24.1 Å². The Morgan fingerprint density at radius 3 is 1.33 bits per heavy atom. The molecule has 10 aromatic rings. The van der Waals surface area contributed by atoms with Gasteiger partial charge < -0.3 is 0 Å². The van der Waals surface area contributed by atoms with E-state index >= 15 is 0 Å². The molecule has 0 amide bonds. The van der Waals surface area contributed by atoms with Crippen molar-refractivity contribution in [3.05, 3.63) is 182 Å². The molecule has 0 spiro atoms. The lowest BCUT2D eigenvalue weighted by Gasteiger charge is -2.42. The average molecular weight is 768 g/mol. The maximum Gasteiger partial charge on any atom is 0.240 e. The van der Waals surface area contributed by atoms with Crippen molar-refractivity contribution in [3.8, 4) is 23.3 Å². The van der Waals surface area contributed by atoms with E-state index in [-0.39, 0.29) is 55.0 Å². The van der Waals surface area contributed by atoms with E-state index in [1.807, 2.05) is 48.5 Å². The first-order chi connectivity index (χ1) is 34.9. The molecule has 5 nitrogen and oxygen atoms in total. The standard InChI is InChI=1S/C51H41N5Si/c1-4-20-37(21-5-1)57(38-22-6-2-7-23-38,39-24-8-3-9-25-39)40-26-18-19-36(35-40)49-52-50(55-45-31-14-10-27-41(45)42-28-11-15-32-46(42)55)54-51(53-49)56-47-33-16-12-29-43(47)44-30-13-17-34-48(44)56/h1-2,4-7,10-23,26-35,39H,3,8-9,24-25H2/i10D,11D,12D,13D,14D,15D,16D,17D,27D,28D,29D,30D,31D,32D,33D,34D. The van der Waals surface area contributed by atoms with Gasteiger partial charge in [-0.2, -0.15) is 15.0 Å². The van der Waals surface area contributed by atoms with Gasteiger partial charge in [0.15, 0.2) is 13.9 Å². The highest BCUT2D eigenvalue weighted by atomic mass is 28.3. The summed E-state index contributed by atoms with van der Waals surface area (Å²) in [7, 11) is -2.99. The van der Waals surface area contributed by atoms with Crippen molar-refractivity contribution in [2.45, 2.75) is 37.6 Å². The van der Waals surface area contributed by atoms with Crippen molar-refractivity contribution in [2.75, 3.05) is 0 Å². The average Bonchev–Trinajstić information content (AvgIpc) is 3.98. The smallest absolute Gasteiger partial charge is 0.240 e. The van der Waals surface area contributed by atoms with Crippen LogP contribution in [-0.4, -0.2) is 32.2 Å². The van der Waals surface area contributed by atoms with E-state index in [1.54, 1.807) is 6.07 Å². The summed E-state index contributed by atoms with van der Waals surface area (Å²) in [5.74, 6) is -0.944. The van der Waals surface area contributed by atoms with Crippen molar-refractivity contribution >= 4 is 67.2 Å². The van der Waals surface area contributed by atoms with E-state index in [0.29, 0.717) is 5.56 Å². The van der Waals surface area contributed by atoms with Gasteiger partial charge in [0.05, 0.1) is 44.0 Å². The van der Waals surface area contributed by atoms with Crippen LogP contribution in [0.3, 0.4) is 0 Å². The van der Waals surface area contributed by atoms with Crippen LogP contribution in [0.25, 0.3) is 66.9 Å². The van der Waals surface area contributed by atoms with E-state index in [2.05, 4.69) is 30.3 Å². The van der Waals surface area contributed by atoms with Crippen LogP contribution in [-0.2, 0) is 0 Å². The summed E-state index contributed by atoms with van der Waals surface area (Å²) in [5, 5.41) is 2.41. The van der Waals surface area contributed by atoms with Gasteiger partial charge in [-0.1, -0.05) is 190 Å². The predicted molar refractivity (Wildman–Crippen MR) is 238 cm³/mol. The van der Waals surface area contributed by atoms with Gasteiger partial charge in [-0.25, -0.2) is 0 Å². The van der Waals surface area contributed by atoms with Gasteiger partial charge in [-0.05, 0) is 45.3 Å². The molecular formula is C51H41N5Si. The van der Waals surface area contributed by atoms with Crippen LogP contribution in [0.1, 0.15) is 54.0 Å². The van der Waals surface area contributed by atoms with Crippen LogP contribution < -0.4 is 15.6 Å². The van der Waals surface area contributed by atoms with E-state index < -0.39 is 117 Å². The third kappa shape index (κ3) is 5.39. The molecule has 0 saturated heterocycles.